The predicted molar refractivity (Wildman–Crippen MR) is 94.0 cm³/mol. The van der Waals surface area contributed by atoms with Gasteiger partial charge in [-0.25, -0.2) is 9.78 Å². The molecular weight excluding hydrogens is 326 g/mol. The molecule has 0 aromatic carbocycles. The van der Waals surface area contributed by atoms with Gasteiger partial charge < -0.3 is 14.5 Å². The van der Waals surface area contributed by atoms with E-state index in [0.717, 1.165) is 5.69 Å². The van der Waals surface area contributed by atoms with Gasteiger partial charge in [0.1, 0.15) is 5.60 Å². The number of nitrogens with zero attached hydrogens (tertiary/aromatic N) is 3. The average molecular weight is 353 g/mol. The van der Waals surface area contributed by atoms with Crippen LogP contribution in [0.5, 0.6) is 0 Å². The van der Waals surface area contributed by atoms with Crippen molar-refractivity contribution in [2.75, 3.05) is 13.1 Å². The highest BCUT2D eigenvalue weighted by Crippen LogP contribution is 2.20. The summed E-state index contributed by atoms with van der Waals surface area (Å²) in [5.74, 6) is 0.117. The molecule has 0 saturated carbocycles. The fraction of sp³-hybridized carbons (Fsp3) is 0.706. The Labute approximate surface area is 147 Å². The van der Waals surface area contributed by atoms with Crippen LogP contribution in [0.25, 0.3) is 0 Å². The third-order valence-electron chi connectivity index (χ3n) is 3.94. The van der Waals surface area contributed by atoms with E-state index in [-0.39, 0.29) is 24.1 Å². The molecule has 1 saturated heterocycles. The Morgan fingerprint density at radius 1 is 1.29 bits per heavy atom. The summed E-state index contributed by atoms with van der Waals surface area (Å²) in [5, 5.41) is 1.97. The monoisotopic (exact) mass is 353 g/mol. The van der Waals surface area contributed by atoms with Crippen molar-refractivity contribution >= 4 is 23.3 Å². The van der Waals surface area contributed by atoms with Crippen molar-refractivity contribution < 1.29 is 14.3 Å². The van der Waals surface area contributed by atoms with Crippen LogP contribution in [0.15, 0.2) is 10.9 Å². The number of carbonyl (C=O) groups is 2. The largest absolute Gasteiger partial charge is 0.444 e. The van der Waals surface area contributed by atoms with Crippen LogP contribution in [-0.4, -0.2) is 57.6 Å². The van der Waals surface area contributed by atoms with Gasteiger partial charge in [-0.05, 0) is 41.0 Å². The fourth-order valence-electron chi connectivity index (χ4n) is 3.02. The lowest BCUT2D eigenvalue weighted by atomic mass is 10.1. The maximum absolute atomic E-state index is 12.6. The average Bonchev–Trinajstić information content (AvgIpc) is 2.95. The molecule has 6 nitrogen and oxygen atoms in total. The number of carbonyl (C=O) groups excluding carboxylic acids is 2. The molecule has 7 heteroatoms. The van der Waals surface area contributed by atoms with Crippen LogP contribution in [-0.2, 0) is 16.0 Å². The smallest absolute Gasteiger partial charge is 0.410 e. The third kappa shape index (κ3) is 4.93. The Hall–Kier alpha value is -1.63. The van der Waals surface area contributed by atoms with Crippen LogP contribution in [0.2, 0.25) is 0 Å². The van der Waals surface area contributed by atoms with Gasteiger partial charge >= 0.3 is 6.09 Å². The summed E-state index contributed by atoms with van der Waals surface area (Å²) in [5.41, 5.74) is 2.23. The number of hydrogen-bond donors (Lipinski definition) is 0. The van der Waals surface area contributed by atoms with E-state index in [1.165, 1.54) is 0 Å². The van der Waals surface area contributed by atoms with E-state index in [4.69, 9.17) is 4.74 Å². The maximum Gasteiger partial charge on any atom is 0.410 e. The zero-order valence-corrected chi connectivity index (χ0v) is 15.9. The van der Waals surface area contributed by atoms with Crippen LogP contribution in [0.3, 0.4) is 0 Å². The molecule has 0 spiro atoms. The molecule has 2 atom stereocenters. The molecule has 0 unspecified atom stereocenters. The Morgan fingerprint density at radius 2 is 1.92 bits per heavy atom. The lowest BCUT2D eigenvalue weighted by molar-refractivity contribution is -0.139. The minimum Gasteiger partial charge on any atom is -0.444 e. The van der Waals surface area contributed by atoms with E-state index >= 15 is 0 Å². The first kappa shape index (κ1) is 18.7. The molecule has 1 aromatic rings. The van der Waals surface area contributed by atoms with Crippen molar-refractivity contribution in [3.8, 4) is 0 Å². The number of ether oxygens (including phenoxy) is 1. The molecular formula is C17H27N3O3S. The van der Waals surface area contributed by atoms with Gasteiger partial charge in [-0.3, -0.25) is 4.79 Å². The molecule has 0 bridgehead atoms. The number of amides is 2. The first-order chi connectivity index (χ1) is 11.2. The zero-order chi connectivity index (χ0) is 17.9. The molecule has 1 aliphatic heterocycles. The summed E-state index contributed by atoms with van der Waals surface area (Å²) >= 11 is 1.54. The number of hydrogen-bond acceptors (Lipinski definition) is 5. The van der Waals surface area contributed by atoms with Crippen molar-refractivity contribution in [3.05, 3.63) is 16.6 Å². The minimum absolute atomic E-state index is 0.0239. The molecule has 2 rings (SSSR count). The van der Waals surface area contributed by atoms with Crippen LogP contribution in [0, 0.1) is 0 Å². The molecule has 24 heavy (non-hydrogen) atoms. The van der Waals surface area contributed by atoms with Gasteiger partial charge in [0.2, 0.25) is 5.91 Å². The Kier molecular flexibility index (Phi) is 5.85. The summed E-state index contributed by atoms with van der Waals surface area (Å²) in [4.78, 5) is 32.7. The standard InChI is InChI=1S/C17H27N3O3S/c1-12-8-19(16(22)23-17(3,4)5)9-13(2)20(12)15(21)7-6-14-10-24-11-18-14/h10-13H,6-9H2,1-5H3/t12-,13-/m1/s1. The number of piperazine rings is 1. The van der Waals surface area contributed by atoms with Crippen molar-refractivity contribution in [1.29, 1.82) is 0 Å². The second-order valence-corrected chi connectivity index (χ2v) is 8.08. The van der Waals surface area contributed by atoms with E-state index in [1.807, 2.05) is 44.9 Å². The summed E-state index contributed by atoms with van der Waals surface area (Å²) in [6, 6.07) is -0.0478. The molecule has 0 radical (unpaired) electrons. The summed E-state index contributed by atoms with van der Waals surface area (Å²) in [6.07, 6.45) is 0.801. The van der Waals surface area contributed by atoms with Crippen LogP contribution in [0.1, 0.15) is 46.7 Å². The fourth-order valence-corrected chi connectivity index (χ4v) is 3.61. The summed E-state index contributed by atoms with van der Waals surface area (Å²) in [7, 11) is 0. The number of aromatic nitrogens is 1. The van der Waals surface area contributed by atoms with Crippen molar-refractivity contribution in [2.24, 2.45) is 0 Å². The number of aryl methyl sites for hydroxylation is 1. The van der Waals surface area contributed by atoms with Crippen molar-refractivity contribution in [3.63, 3.8) is 0 Å². The summed E-state index contributed by atoms with van der Waals surface area (Å²) < 4.78 is 5.44. The predicted octanol–water partition coefficient (Wildman–Crippen LogP) is 2.93. The Balaban J connectivity index is 1.92. The highest BCUT2D eigenvalue weighted by atomic mass is 32.1. The molecule has 2 heterocycles. The molecule has 0 aliphatic carbocycles. The van der Waals surface area contributed by atoms with Crippen molar-refractivity contribution in [1.82, 2.24) is 14.8 Å². The van der Waals surface area contributed by atoms with E-state index in [0.29, 0.717) is 25.9 Å². The number of thiazole rings is 1. The second kappa shape index (κ2) is 7.51. The van der Waals surface area contributed by atoms with Crippen LogP contribution < -0.4 is 0 Å². The highest BCUT2D eigenvalue weighted by Gasteiger charge is 2.36. The molecule has 0 N–H and O–H groups in total. The summed E-state index contributed by atoms with van der Waals surface area (Å²) in [6.45, 7) is 10.5. The first-order valence-electron chi connectivity index (χ1n) is 8.33. The van der Waals surface area contributed by atoms with E-state index < -0.39 is 5.60 Å². The van der Waals surface area contributed by atoms with Gasteiger partial charge in [-0.15, -0.1) is 11.3 Å². The second-order valence-electron chi connectivity index (χ2n) is 7.36. The van der Waals surface area contributed by atoms with Gasteiger partial charge in [0.05, 0.1) is 11.2 Å². The molecule has 1 fully saturated rings. The molecule has 1 aliphatic rings. The Morgan fingerprint density at radius 3 is 2.42 bits per heavy atom. The van der Waals surface area contributed by atoms with E-state index in [1.54, 1.807) is 21.7 Å². The van der Waals surface area contributed by atoms with Gasteiger partial charge in [0, 0.05) is 37.0 Å². The van der Waals surface area contributed by atoms with Gasteiger partial charge in [0.25, 0.3) is 0 Å². The van der Waals surface area contributed by atoms with Crippen molar-refractivity contribution in [2.45, 2.75) is 65.1 Å². The third-order valence-corrected chi connectivity index (χ3v) is 4.57. The van der Waals surface area contributed by atoms with Crippen LogP contribution in [0.4, 0.5) is 4.79 Å². The van der Waals surface area contributed by atoms with Gasteiger partial charge in [-0.2, -0.15) is 0 Å². The SMILES string of the molecule is C[C@@H]1CN(C(=O)OC(C)(C)C)C[C@@H](C)N1C(=O)CCc1cscn1. The van der Waals surface area contributed by atoms with Gasteiger partial charge in [0.15, 0.2) is 0 Å². The first-order valence-corrected chi connectivity index (χ1v) is 9.28. The quantitative estimate of drug-likeness (QED) is 0.838. The molecule has 2 amide bonds. The molecule has 1 aromatic heterocycles. The molecule has 134 valence electrons. The van der Waals surface area contributed by atoms with E-state index in [2.05, 4.69) is 4.98 Å². The number of rotatable bonds is 3. The lowest BCUT2D eigenvalue weighted by Gasteiger charge is -2.44. The normalized spacial score (nSPS) is 21.7. The maximum atomic E-state index is 12.6. The highest BCUT2D eigenvalue weighted by molar-refractivity contribution is 7.07. The lowest BCUT2D eigenvalue weighted by Crippen LogP contribution is -2.60. The Bertz CT molecular complexity index is 556. The minimum atomic E-state index is -0.510. The topological polar surface area (TPSA) is 62.7 Å². The van der Waals surface area contributed by atoms with E-state index in [9.17, 15) is 9.59 Å². The van der Waals surface area contributed by atoms with Crippen LogP contribution >= 0.6 is 11.3 Å². The zero-order valence-electron chi connectivity index (χ0n) is 15.1. The van der Waals surface area contributed by atoms with Gasteiger partial charge in [-0.1, -0.05) is 0 Å².